The van der Waals surface area contributed by atoms with Crippen molar-refractivity contribution < 1.29 is 82.4 Å². The SMILES string of the molecule is O=[N+]([O-])O.O=[N+]([O-])O.O=[N+]([O-])O.O=[N+]([O-])O.O=[N+]([O-])O.O=[N+]([O-])O.O=[N+]([O-])O.O=[N+]([O-])O. The second kappa shape index (κ2) is 44.2. The molecule has 0 spiro atoms. The summed E-state index contributed by atoms with van der Waals surface area (Å²) in [6.07, 6.45) is 0. The van der Waals surface area contributed by atoms with Crippen LogP contribution in [-0.2, 0) is 0 Å². The second-order valence-corrected chi connectivity index (χ2v) is 1.90. The summed E-state index contributed by atoms with van der Waals surface area (Å²) in [5.74, 6) is 0. The van der Waals surface area contributed by atoms with Gasteiger partial charge in [-0.15, -0.1) is 80.9 Å². The van der Waals surface area contributed by atoms with Crippen LogP contribution in [0.25, 0.3) is 0 Å². The fourth-order valence-corrected chi connectivity index (χ4v) is 0. The van der Waals surface area contributed by atoms with E-state index in [0.717, 1.165) is 0 Å². The van der Waals surface area contributed by atoms with Crippen LogP contribution in [0.5, 0.6) is 0 Å². The molecular weight excluding hydrogens is 496 g/mol. The standard InChI is InChI=1S/8HNO3/c8*2-1(3)4/h8*(H,2,3,4). The van der Waals surface area contributed by atoms with Crippen molar-refractivity contribution in [3.8, 4) is 0 Å². The maximum absolute atomic E-state index is 8.36. The van der Waals surface area contributed by atoms with E-state index in [4.69, 9.17) is 123 Å². The van der Waals surface area contributed by atoms with Crippen LogP contribution in [0.2, 0.25) is 0 Å². The molecule has 0 saturated heterocycles. The predicted molar refractivity (Wildman–Crippen MR) is 70.2 cm³/mol. The summed E-state index contributed by atoms with van der Waals surface area (Å²) in [5, 5.41) is 109. The molecule has 0 radical (unpaired) electrons. The molecule has 8 N–H and O–H groups in total. The molecule has 0 amide bonds. The zero-order valence-corrected chi connectivity index (χ0v) is 13.7. The van der Waals surface area contributed by atoms with E-state index in [1.165, 1.54) is 0 Å². The lowest BCUT2D eigenvalue weighted by Crippen LogP contribution is -1.81. The van der Waals surface area contributed by atoms with Gasteiger partial charge in [-0.3, -0.25) is 0 Å². The van der Waals surface area contributed by atoms with Gasteiger partial charge in [0.2, 0.25) is 0 Å². The average molecular weight is 504 g/mol. The molecule has 0 aliphatic carbocycles. The van der Waals surface area contributed by atoms with Gasteiger partial charge in [0.1, 0.15) is 0 Å². The van der Waals surface area contributed by atoms with Crippen molar-refractivity contribution in [1.29, 1.82) is 0 Å². The van der Waals surface area contributed by atoms with Crippen LogP contribution < -0.4 is 0 Å². The molecule has 0 aromatic heterocycles. The molecule has 32 nitrogen and oxygen atoms in total. The molecule has 0 fully saturated rings. The Morgan fingerprint density at radius 3 is 0.250 bits per heavy atom. The fraction of sp³-hybridized carbons (Fsp3) is 0. The number of hydrogen-bond donors (Lipinski definition) is 8. The maximum atomic E-state index is 8.36. The molecule has 0 saturated carbocycles. The molecule has 0 atom stereocenters. The van der Waals surface area contributed by atoms with Crippen molar-refractivity contribution in [3.63, 3.8) is 0 Å². The van der Waals surface area contributed by atoms with Gasteiger partial charge in [0.25, 0.3) is 40.7 Å². The number of nitrogens with zero attached hydrogens (tertiary/aromatic N) is 8. The Morgan fingerprint density at radius 2 is 0.250 bits per heavy atom. The maximum Gasteiger partial charge on any atom is 0.291 e. The van der Waals surface area contributed by atoms with Gasteiger partial charge in [-0.1, -0.05) is 0 Å². The van der Waals surface area contributed by atoms with E-state index in [0.29, 0.717) is 0 Å². The van der Waals surface area contributed by atoms with Crippen LogP contribution in [0, 0.1) is 80.9 Å². The van der Waals surface area contributed by atoms with Gasteiger partial charge in [0, 0.05) is 0 Å². The molecule has 0 aliphatic heterocycles. The summed E-state index contributed by atoms with van der Waals surface area (Å²) in [4.78, 5) is 66.9. The normalized spacial score (nSPS) is 6.00. The largest absolute Gasteiger partial charge is 0.328 e. The molecule has 192 valence electrons. The Morgan fingerprint density at radius 1 is 0.250 bits per heavy atom. The first-order valence-electron chi connectivity index (χ1n) is 4.52. The Bertz CT molecular complexity index is 354. The molecular formula is H8N8O24. The predicted octanol–water partition coefficient (Wildman–Crippen LogP) is -2.78. The Balaban J connectivity index is -0.0000000343. The first-order valence-corrected chi connectivity index (χ1v) is 4.52. The highest BCUT2D eigenvalue weighted by Gasteiger charge is 1.68. The summed E-state index contributed by atoms with van der Waals surface area (Å²) in [7, 11) is 0. The summed E-state index contributed by atoms with van der Waals surface area (Å²) in [6.45, 7) is 0. The van der Waals surface area contributed by atoms with E-state index in [1.54, 1.807) is 0 Å². The van der Waals surface area contributed by atoms with Crippen molar-refractivity contribution in [2.24, 2.45) is 0 Å². The zero-order chi connectivity index (χ0) is 28.6. The Kier molecular flexibility index (Phi) is 69.1. The van der Waals surface area contributed by atoms with E-state index in [1.807, 2.05) is 0 Å². The third kappa shape index (κ3) is 294. The van der Waals surface area contributed by atoms with E-state index >= 15 is 0 Å². The minimum Gasteiger partial charge on any atom is -0.328 e. The first kappa shape index (κ1) is 50.0. The quantitative estimate of drug-likeness (QED) is 0.122. The van der Waals surface area contributed by atoms with Crippen molar-refractivity contribution in [2.45, 2.75) is 0 Å². The highest BCUT2D eigenvalue weighted by Crippen LogP contribution is 1.40. The number of rotatable bonds is 0. The van der Waals surface area contributed by atoms with Crippen molar-refractivity contribution in [1.82, 2.24) is 0 Å². The van der Waals surface area contributed by atoms with E-state index in [2.05, 4.69) is 0 Å². The molecule has 0 rings (SSSR count). The van der Waals surface area contributed by atoms with Crippen molar-refractivity contribution in [3.05, 3.63) is 80.9 Å². The van der Waals surface area contributed by atoms with Gasteiger partial charge in [0.05, 0.1) is 0 Å². The smallest absolute Gasteiger partial charge is 0.291 e. The van der Waals surface area contributed by atoms with E-state index in [9.17, 15) is 0 Å². The minimum absolute atomic E-state index is 1.50. The van der Waals surface area contributed by atoms with Gasteiger partial charge < -0.3 is 41.7 Å². The lowest BCUT2D eigenvalue weighted by molar-refractivity contribution is -0.742. The minimum atomic E-state index is -1.50. The molecule has 0 aromatic rings. The van der Waals surface area contributed by atoms with Crippen molar-refractivity contribution in [2.75, 3.05) is 0 Å². The van der Waals surface area contributed by atoms with Gasteiger partial charge in [-0.05, 0) is 0 Å². The van der Waals surface area contributed by atoms with Crippen LogP contribution in [0.3, 0.4) is 0 Å². The topological polar surface area (TPSA) is 507 Å². The van der Waals surface area contributed by atoms with E-state index < -0.39 is 40.7 Å². The van der Waals surface area contributed by atoms with Crippen LogP contribution in [-0.4, -0.2) is 82.4 Å². The average Bonchev–Trinajstić information content (AvgIpc) is 2.30. The molecule has 0 aliphatic rings. The Labute approximate surface area is 165 Å². The van der Waals surface area contributed by atoms with Gasteiger partial charge in [-0.25, -0.2) is 0 Å². The molecule has 0 heterocycles. The van der Waals surface area contributed by atoms with Crippen LogP contribution in [0.4, 0.5) is 0 Å². The highest BCUT2D eigenvalue weighted by molar-refractivity contribution is 3.85. The van der Waals surface area contributed by atoms with E-state index in [-0.39, 0.29) is 0 Å². The monoisotopic (exact) mass is 504 g/mol. The molecule has 0 bridgehead atoms. The van der Waals surface area contributed by atoms with Crippen LogP contribution in [0.1, 0.15) is 0 Å². The lowest BCUT2D eigenvalue weighted by Gasteiger charge is -1.56. The summed E-state index contributed by atoms with van der Waals surface area (Å²) < 4.78 is 0. The molecule has 0 aromatic carbocycles. The van der Waals surface area contributed by atoms with Gasteiger partial charge >= 0.3 is 0 Å². The summed E-state index contributed by atoms with van der Waals surface area (Å²) in [6, 6.07) is 0. The molecule has 0 unspecified atom stereocenters. The third-order valence-corrected chi connectivity index (χ3v) is 0. The van der Waals surface area contributed by atoms with Gasteiger partial charge in [-0.2, -0.15) is 0 Å². The van der Waals surface area contributed by atoms with Crippen LogP contribution in [0.15, 0.2) is 0 Å². The number of hydrogen-bond acceptors (Lipinski definition) is 16. The van der Waals surface area contributed by atoms with Gasteiger partial charge in [0.15, 0.2) is 0 Å². The lowest BCUT2D eigenvalue weighted by atomic mass is 13.1. The third-order valence-electron chi connectivity index (χ3n) is 0. The summed E-state index contributed by atoms with van der Waals surface area (Å²) in [5.41, 5.74) is 0. The summed E-state index contributed by atoms with van der Waals surface area (Å²) >= 11 is 0. The van der Waals surface area contributed by atoms with Crippen LogP contribution >= 0.6 is 0 Å². The molecule has 32 heteroatoms. The highest BCUT2D eigenvalue weighted by atomic mass is 16.9. The second-order valence-electron chi connectivity index (χ2n) is 1.90. The first-order chi connectivity index (χ1) is 13.9. The molecule has 32 heavy (non-hydrogen) atoms. The fourth-order valence-electron chi connectivity index (χ4n) is 0. The zero-order valence-electron chi connectivity index (χ0n) is 13.7. The Hall–Kier alpha value is -6.40. The van der Waals surface area contributed by atoms with Crippen molar-refractivity contribution >= 4 is 0 Å².